The molecule has 0 aliphatic heterocycles. The molecule has 5 nitrogen and oxygen atoms in total. The molecule has 0 aliphatic rings. The maximum atomic E-state index is 11.0. The number of thiocarbonyl (C=S) groups is 1. The van der Waals surface area contributed by atoms with E-state index in [1.165, 1.54) is 5.56 Å². The van der Waals surface area contributed by atoms with E-state index in [-0.39, 0.29) is 11.0 Å². The maximum Gasteiger partial charge on any atom is 0.221 e. The Labute approximate surface area is 204 Å². The molecule has 1 aromatic heterocycles. The van der Waals surface area contributed by atoms with Gasteiger partial charge < -0.3 is 15.0 Å². The van der Waals surface area contributed by atoms with E-state index >= 15 is 0 Å². The number of benzene rings is 3. The van der Waals surface area contributed by atoms with Gasteiger partial charge in [0.1, 0.15) is 0 Å². The van der Waals surface area contributed by atoms with Crippen molar-refractivity contribution in [2.75, 3.05) is 5.32 Å². The second-order valence-corrected chi connectivity index (χ2v) is 9.21. The molecule has 1 heterocycles. The summed E-state index contributed by atoms with van der Waals surface area (Å²) in [6.07, 6.45) is 0. The average Bonchev–Trinajstić information content (AvgIpc) is 3.01. The number of hydrogen-bond acceptors (Lipinski definition) is 3. The quantitative estimate of drug-likeness (QED) is 0.209. The van der Waals surface area contributed by atoms with Gasteiger partial charge >= 0.3 is 0 Å². The van der Waals surface area contributed by atoms with Crippen LogP contribution in [0, 0.1) is 13.8 Å². The first kappa shape index (κ1) is 22.5. The molecular weight excluding hydrogens is 508 g/mol. The number of nitrogens with zero attached hydrogens (tertiary/aromatic N) is 3. The zero-order chi connectivity index (χ0) is 22.8. The molecule has 0 aliphatic carbocycles. The Hall–Kier alpha value is -2.74. The first-order valence-electron chi connectivity index (χ1n) is 9.87. The fourth-order valence-electron chi connectivity index (χ4n) is 3.39. The normalized spacial score (nSPS) is 11.4. The van der Waals surface area contributed by atoms with E-state index in [9.17, 15) is 5.11 Å². The van der Waals surface area contributed by atoms with E-state index in [1.807, 2.05) is 67.6 Å². The number of anilines is 1. The van der Waals surface area contributed by atoms with Crippen molar-refractivity contribution in [3.63, 3.8) is 0 Å². The van der Waals surface area contributed by atoms with Gasteiger partial charge in [-0.1, -0.05) is 45.7 Å². The van der Waals surface area contributed by atoms with Crippen LogP contribution in [-0.2, 0) is 6.54 Å². The highest BCUT2D eigenvalue weighted by atomic mass is 79.9. The second-order valence-electron chi connectivity index (χ2n) is 7.48. The number of aromatic hydroxyl groups is 1. The van der Waals surface area contributed by atoms with Gasteiger partial charge in [0.25, 0.3) is 0 Å². The summed E-state index contributed by atoms with van der Waals surface area (Å²) in [5.74, 6) is 0.0192. The molecule has 0 spiro atoms. The lowest BCUT2D eigenvalue weighted by Gasteiger charge is -2.07. The van der Waals surface area contributed by atoms with Gasteiger partial charge in [-0.2, -0.15) is 0 Å². The lowest BCUT2D eigenvalue weighted by Crippen LogP contribution is -2.05. The van der Waals surface area contributed by atoms with Crippen LogP contribution >= 0.6 is 39.7 Å². The summed E-state index contributed by atoms with van der Waals surface area (Å²) in [6.45, 7) is 4.55. The zero-order valence-electron chi connectivity index (χ0n) is 17.4. The van der Waals surface area contributed by atoms with Crippen molar-refractivity contribution in [2.45, 2.75) is 20.4 Å². The Kier molecular flexibility index (Phi) is 6.60. The zero-order valence-corrected chi connectivity index (χ0v) is 20.6. The number of fused-ring (bicyclic) bond motifs is 1. The summed E-state index contributed by atoms with van der Waals surface area (Å²) < 4.78 is 2.67. The van der Waals surface area contributed by atoms with Crippen molar-refractivity contribution in [2.24, 2.45) is 10.2 Å². The number of halogens is 2. The minimum absolute atomic E-state index is 0.0192. The standard InChI is InChI=1S/C24H20BrClN4OS/c1-14-3-9-19(11-15(14)2)27-24(32)29-28-22-20-12-17(25)6-10-21(20)30(23(22)31)13-16-4-7-18(26)8-5-16/h3-12,31H,13H2,1-2H3,(H,27,32). The second kappa shape index (κ2) is 9.40. The van der Waals surface area contributed by atoms with Crippen LogP contribution in [0.4, 0.5) is 11.4 Å². The third-order valence-electron chi connectivity index (χ3n) is 5.22. The first-order valence-corrected chi connectivity index (χ1v) is 11.4. The number of nitrogens with one attached hydrogen (secondary N) is 1. The highest BCUT2D eigenvalue weighted by molar-refractivity contribution is 9.10. The Bertz CT molecular complexity index is 1350. The van der Waals surface area contributed by atoms with Crippen LogP contribution < -0.4 is 5.32 Å². The molecular formula is C24H20BrClN4OS. The summed E-state index contributed by atoms with van der Waals surface area (Å²) in [5.41, 5.74) is 5.39. The maximum absolute atomic E-state index is 11.0. The summed E-state index contributed by atoms with van der Waals surface area (Å²) in [5, 5.41) is 24.2. The van der Waals surface area contributed by atoms with Gasteiger partial charge in [-0.15, -0.1) is 10.2 Å². The molecule has 4 aromatic rings. The molecule has 8 heteroatoms. The first-order chi connectivity index (χ1) is 15.3. The fourth-order valence-corrected chi connectivity index (χ4v) is 4.04. The van der Waals surface area contributed by atoms with Crippen LogP contribution in [0.5, 0.6) is 5.88 Å². The van der Waals surface area contributed by atoms with E-state index in [1.54, 1.807) is 4.57 Å². The van der Waals surface area contributed by atoms with Crippen molar-refractivity contribution in [1.82, 2.24) is 4.57 Å². The number of aromatic nitrogens is 1. The van der Waals surface area contributed by atoms with Gasteiger partial charge in [0.05, 0.1) is 12.1 Å². The third kappa shape index (κ3) is 4.85. The Morgan fingerprint density at radius 3 is 2.53 bits per heavy atom. The van der Waals surface area contributed by atoms with Crippen molar-refractivity contribution in [1.29, 1.82) is 0 Å². The van der Waals surface area contributed by atoms with Gasteiger partial charge in [0.2, 0.25) is 11.0 Å². The van der Waals surface area contributed by atoms with Crippen molar-refractivity contribution >= 4 is 67.1 Å². The van der Waals surface area contributed by atoms with Crippen molar-refractivity contribution in [3.05, 3.63) is 86.8 Å². The topological polar surface area (TPSA) is 61.9 Å². The van der Waals surface area contributed by atoms with E-state index < -0.39 is 0 Å². The number of hydrogen-bond donors (Lipinski definition) is 2. The molecule has 0 unspecified atom stereocenters. The van der Waals surface area contributed by atoms with Crippen LogP contribution in [0.1, 0.15) is 16.7 Å². The van der Waals surface area contributed by atoms with Crippen molar-refractivity contribution < 1.29 is 5.11 Å². The highest BCUT2D eigenvalue weighted by Crippen LogP contribution is 2.40. The minimum Gasteiger partial charge on any atom is -0.493 e. The average molecular weight is 528 g/mol. The molecule has 0 fully saturated rings. The lowest BCUT2D eigenvalue weighted by molar-refractivity contribution is 0.429. The minimum atomic E-state index is 0.0192. The van der Waals surface area contributed by atoms with Crippen LogP contribution in [0.15, 0.2) is 75.4 Å². The lowest BCUT2D eigenvalue weighted by atomic mass is 10.1. The van der Waals surface area contributed by atoms with E-state index in [0.717, 1.165) is 32.2 Å². The predicted molar refractivity (Wildman–Crippen MR) is 139 cm³/mol. The smallest absolute Gasteiger partial charge is 0.221 e. The molecule has 0 saturated heterocycles. The summed E-state index contributed by atoms with van der Waals surface area (Å²) >= 11 is 14.8. The molecule has 0 bridgehead atoms. The van der Waals surface area contributed by atoms with E-state index in [4.69, 9.17) is 23.8 Å². The van der Waals surface area contributed by atoms with Crippen LogP contribution in [0.3, 0.4) is 0 Å². The molecule has 0 saturated carbocycles. The molecule has 0 radical (unpaired) electrons. The predicted octanol–water partition coefficient (Wildman–Crippen LogP) is 7.91. The van der Waals surface area contributed by atoms with E-state index in [0.29, 0.717) is 17.3 Å². The molecule has 3 aromatic carbocycles. The van der Waals surface area contributed by atoms with Gasteiger partial charge in [-0.05, 0) is 85.2 Å². The number of rotatable bonds is 4. The van der Waals surface area contributed by atoms with Crippen LogP contribution in [0.25, 0.3) is 10.9 Å². The summed E-state index contributed by atoms with van der Waals surface area (Å²) in [6, 6.07) is 19.2. The van der Waals surface area contributed by atoms with Crippen molar-refractivity contribution in [3.8, 4) is 5.88 Å². The SMILES string of the molecule is Cc1ccc(NC(=S)N=Nc2c(O)n(Cc3ccc(Cl)cc3)c3ccc(Br)cc23)cc1C. The van der Waals surface area contributed by atoms with Gasteiger partial charge in [-0.25, -0.2) is 0 Å². The summed E-state index contributed by atoms with van der Waals surface area (Å²) in [4.78, 5) is 0. The van der Waals surface area contributed by atoms with Gasteiger partial charge in [0.15, 0.2) is 5.69 Å². The highest BCUT2D eigenvalue weighted by Gasteiger charge is 2.17. The Morgan fingerprint density at radius 2 is 1.81 bits per heavy atom. The van der Waals surface area contributed by atoms with Crippen LogP contribution in [0.2, 0.25) is 5.02 Å². The fraction of sp³-hybridized carbons (Fsp3) is 0.125. The molecule has 162 valence electrons. The monoisotopic (exact) mass is 526 g/mol. The molecule has 2 N–H and O–H groups in total. The third-order valence-corrected chi connectivity index (χ3v) is 6.15. The molecule has 32 heavy (non-hydrogen) atoms. The Morgan fingerprint density at radius 1 is 1.06 bits per heavy atom. The number of aryl methyl sites for hydroxylation is 2. The van der Waals surface area contributed by atoms with Gasteiger partial charge in [-0.3, -0.25) is 0 Å². The van der Waals surface area contributed by atoms with E-state index in [2.05, 4.69) is 38.4 Å². The molecule has 0 atom stereocenters. The molecule has 4 rings (SSSR count). The largest absolute Gasteiger partial charge is 0.493 e. The summed E-state index contributed by atoms with van der Waals surface area (Å²) in [7, 11) is 0. The Balaban J connectivity index is 1.66. The van der Waals surface area contributed by atoms with Crippen LogP contribution in [-0.4, -0.2) is 14.8 Å². The molecule has 0 amide bonds. The van der Waals surface area contributed by atoms with Gasteiger partial charge in [0, 0.05) is 20.6 Å². The number of azo groups is 1.